The minimum Gasteiger partial charge on any atom is -0.508 e. The van der Waals surface area contributed by atoms with Crippen LogP contribution in [0, 0.1) is 6.92 Å². The molecular formula is C21H19ClN2O4S. The summed E-state index contributed by atoms with van der Waals surface area (Å²) in [5, 5.41) is 13.0. The molecule has 1 amide bonds. The predicted molar refractivity (Wildman–Crippen MR) is 114 cm³/mol. The number of benzene rings is 3. The van der Waals surface area contributed by atoms with Gasteiger partial charge in [0.05, 0.1) is 11.3 Å². The average molecular weight is 431 g/mol. The van der Waals surface area contributed by atoms with Crippen LogP contribution >= 0.6 is 11.6 Å². The van der Waals surface area contributed by atoms with Crippen LogP contribution in [0.15, 0.2) is 71.6 Å². The quantitative estimate of drug-likeness (QED) is 0.542. The molecule has 3 N–H and O–H groups in total. The SMILES string of the molecule is Cc1ccc(NC(=O)Cc2ccccc2O)cc1S(=O)(=O)Nc1ccc(Cl)cc1. The Kier molecular flexibility index (Phi) is 6.10. The van der Waals surface area contributed by atoms with Crippen molar-refractivity contribution in [3.63, 3.8) is 0 Å². The van der Waals surface area contributed by atoms with E-state index in [9.17, 15) is 18.3 Å². The van der Waals surface area contributed by atoms with Gasteiger partial charge in [0.1, 0.15) is 5.75 Å². The standard InChI is InChI=1S/C21H19ClN2O4S/c1-14-6-9-18(23-21(26)12-15-4-2-3-5-19(15)25)13-20(14)29(27,28)24-17-10-7-16(22)8-11-17/h2-11,13,24-25H,12H2,1H3,(H,23,26). The highest BCUT2D eigenvalue weighted by Gasteiger charge is 2.18. The molecular weight excluding hydrogens is 412 g/mol. The maximum atomic E-state index is 12.8. The molecule has 0 aliphatic heterocycles. The highest BCUT2D eigenvalue weighted by Crippen LogP contribution is 2.24. The Balaban J connectivity index is 1.79. The third kappa shape index (κ3) is 5.28. The average Bonchev–Trinajstić information content (AvgIpc) is 2.67. The van der Waals surface area contributed by atoms with Crippen molar-refractivity contribution < 1.29 is 18.3 Å². The fraction of sp³-hybridized carbons (Fsp3) is 0.0952. The molecule has 0 fully saturated rings. The molecule has 0 aromatic heterocycles. The second-order valence-electron chi connectivity index (χ2n) is 6.45. The zero-order chi connectivity index (χ0) is 21.0. The molecule has 0 heterocycles. The topological polar surface area (TPSA) is 95.5 Å². The molecule has 0 radical (unpaired) electrons. The van der Waals surface area contributed by atoms with Gasteiger partial charge in [-0.1, -0.05) is 35.9 Å². The molecule has 3 rings (SSSR count). The van der Waals surface area contributed by atoms with Gasteiger partial charge in [-0.15, -0.1) is 0 Å². The zero-order valence-electron chi connectivity index (χ0n) is 15.5. The molecule has 8 heteroatoms. The van der Waals surface area contributed by atoms with Crippen molar-refractivity contribution in [2.45, 2.75) is 18.2 Å². The van der Waals surface area contributed by atoms with E-state index in [0.717, 1.165) is 0 Å². The van der Waals surface area contributed by atoms with Crippen LogP contribution in [-0.4, -0.2) is 19.4 Å². The summed E-state index contributed by atoms with van der Waals surface area (Å²) in [4.78, 5) is 12.4. The van der Waals surface area contributed by atoms with Crippen molar-refractivity contribution in [3.8, 4) is 5.75 Å². The lowest BCUT2D eigenvalue weighted by molar-refractivity contribution is -0.115. The first-order valence-corrected chi connectivity index (χ1v) is 10.6. The molecule has 0 saturated heterocycles. The van der Waals surface area contributed by atoms with Crippen LogP contribution in [0.5, 0.6) is 5.75 Å². The summed E-state index contributed by atoms with van der Waals surface area (Å²) < 4.78 is 28.1. The first-order valence-electron chi connectivity index (χ1n) is 8.70. The number of aromatic hydroxyl groups is 1. The molecule has 0 bridgehead atoms. The Labute approximate surface area is 174 Å². The van der Waals surface area contributed by atoms with E-state index >= 15 is 0 Å². The van der Waals surface area contributed by atoms with Crippen molar-refractivity contribution in [2.24, 2.45) is 0 Å². The largest absolute Gasteiger partial charge is 0.508 e. The van der Waals surface area contributed by atoms with Gasteiger partial charge in [0.2, 0.25) is 5.91 Å². The highest BCUT2D eigenvalue weighted by atomic mass is 35.5. The van der Waals surface area contributed by atoms with Crippen LogP contribution in [0.4, 0.5) is 11.4 Å². The zero-order valence-corrected chi connectivity index (χ0v) is 17.1. The van der Waals surface area contributed by atoms with Crippen molar-refractivity contribution in [3.05, 3.63) is 82.9 Å². The number of aryl methyl sites for hydroxylation is 1. The molecule has 29 heavy (non-hydrogen) atoms. The van der Waals surface area contributed by atoms with Crippen LogP contribution in [0.25, 0.3) is 0 Å². The molecule has 6 nitrogen and oxygen atoms in total. The minimum atomic E-state index is -3.87. The highest BCUT2D eigenvalue weighted by molar-refractivity contribution is 7.92. The van der Waals surface area contributed by atoms with E-state index in [1.807, 2.05) is 0 Å². The molecule has 0 aliphatic carbocycles. The van der Waals surface area contributed by atoms with E-state index in [-0.39, 0.29) is 23.0 Å². The predicted octanol–water partition coefficient (Wildman–Crippen LogP) is 4.34. The molecule has 0 unspecified atom stereocenters. The molecule has 0 aliphatic rings. The second kappa shape index (κ2) is 8.55. The number of hydrogen-bond donors (Lipinski definition) is 3. The number of carbonyl (C=O) groups excluding carboxylic acids is 1. The monoisotopic (exact) mass is 430 g/mol. The van der Waals surface area contributed by atoms with E-state index in [4.69, 9.17) is 11.6 Å². The maximum absolute atomic E-state index is 12.8. The lowest BCUT2D eigenvalue weighted by atomic mass is 10.1. The van der Waals surface area contributed by atoms with Crippen molar-refractivity contribution in [1.29, 1.82) is 0 Å². The summed E-state index contributed by atoms with van der Waals surface area (Å²) in [7, 11) is -3.87. The Bertz CT molecular complexity index is 1150. The number of phenols is 1. The van der Waals surface area contributed by atoms with Gasteiger partial charge in [0.15, 0.2) is 0 Å². The minimum absolute atomic E-state index is 0.0296. The Morgan fingerprint density at radius 3 is 2.34 bits per heavy atom. The third-order valence-electron chi connectivity index (χ3n) is 4.20. The number of halogens is 1. The molecule has 0 atom stereocenters. The number of hydrogen-bond acceptors (Lipinski definition) is 4. The summed E-state index contributed by atoms with van der Waals surface area (Å²) in [6, 6.07) is 17.5. The number of anilines is 2. The molecule has 150 valence electrons. The molecule has 0 saturated carbocycles. The van der Waals surface area contributed by atoms with Gasteiger partial charge in [-0.05, 0) is 55.0 Å². The molecule has 0 spiro atoms. The first-order chi connectivity index (χ1) is 13.7. The number of amides is 1. The lowest BCUT2D eigenvalue weighted by Gasteiger charge is -2.13. The summed E-state index contributed by atoms with van der Waals surface area (Å²) >= 11 is 5.83. The summed E-state index contributed by atoms with van der Waals surface area (Å²) in [6.45, 7) is 1.67. The van der Waals surface area contributed by atoms with E-state index in [2.05, 4.69) is 10.0 Å². The molecule has 3 aromatic carbocycles. The lowest BCUT2D eigenvalue weighted by Crippen LogP contribution is -2.17. The number of sulfonamides is 1. The van der Waals surface area contributed by atoms with Crippen molar-refractivity contribution in [1.82, 2.24) is 0 Å². The van der Waals surface area contributed by atoms with Crippen molar-refractivity contribution in [2.75, 3.05) is 10.0 Å². The Morgan fingerprint density at radius 1 is 1.00 bits per heavy atom. The number of rotatable bonds is 6. The van der Waals surface area contributed by atoms with E-state index in [1.165, 1.54) is 12.1 Å². The van der Waals surface area contributed by atoms with Crippen LogP contribution in [-0.2, 0) is 21.2 Å². The van der Waals surface area contributed by atoms with E-state index < -0.39 is 10.0 Å². The number of phenolic OH excluding ortho intramolecular Hbond substituents is 1. The van der Waals surface area contributed by atoms with E-state index in [1.54, 1.807) is 61.5 Å². The van der Waals surface area contributed by atoms with Gasteiger partial charge in [0.25, 0.3) is 10.0 Å². The summed E-state index contributed by atoms with van der Waals surface area (Å²) in [6.07, 6.45) is -0.0361. The van der Waals surface area contributed by atoms with Crippen LogP contribution in [0.3, 0.4) is 0 Å². The van der Waals surface area contributed by atoms with E-state index in [0.29, 0.717) is 27.5 Å². The normalized spacial score (nSPS) is 11.1. The fourth-order valence-electron chi connectivity index (χ4n) is 2.73. The van der Waals surface area contributed by atoms with Gasteiger partial charge >= 0.3 is 0 Å². The van der Waals surface area contributed by atoms with Gasteiger partial charge < -0.3 is 10.4 Å². The summed E-state index contributed by atoms with van der Waals surface area (Å²) in [5.74, 6) is -0.341. The third-order valence-corrected chi connectivity index (χ3v) is 5.98. The summed E-state index contributed by atoms with van der Waals surface area (Å²) in [5.41, 5.74) is 1.73. The first kappa shape index (κ1) is 20.7. The van der Waals surface area contributed by atoms with Gasteiger partial charge in [-0.3, -0.25) is 9.52 Å². The molecule has 3 aromatic rings. The fourth-order valence-corrected chi connectivity index (χ4v) is 4.19. The van der Waals surface area contributed by atoms with Gasteiger partial charge in [-0.2, -0.15) is 0 Å². The maximum Gasteiger partial charge on any atom is 0.262 e. The number of carbonyl (C=O) groups is 1. The number of para-hydroxylation sites is 1. The van der Waals surface area contributed by atoms with Crippen LogP contribution in [0.2, 0.25) is 5.02 Å². The Hall–Kier alpha value is -3.03. The van der Waals surface area contributed by atoms with Crippen LogP contribution < -0.4 is 10.0 Å². The van der Waals surface area contributed by atoms with Gasteiger partial charge in [0, 0.05) is 22.0 Å². The second-order valence-corrected chi connectivity index (χ2v) is 8.53. The smallest absolute Gasteiger partial charge is 0.262 e. The van der Waals surface area contributed by atoms with Crippen LogP contribution in [0.1, 0.15) is 11.1 Å². The van der Waals surface area contributed by atoms with Gasteiger partial charge in [-0.25, -0.2) is 8.42 Å². The Morgan fingerprint density at radius 2 is 1.66 bits per heavy atom. The van der Waals surface area contributed by atoms with Crippen molar-refractivity contribution >= 4 is 38.9 Å². The number of nitrogens with one attached hydrogen (secondary N) is 2.